The summed E-state index contributed by atoms with van der Waals surface area (Å²) in [5.74, 6) is 0.906. The Bertz CT molecular complexity index is 549. The maximum Gasteiger partial charge on any atom is 0.256 e. The maximum atomic E-state index is 13.5. The predicted molar refractivity (Wildman–Crippen MR) is 72.4 cm³/mol. The Morgan fingerprint density at radius 2 is 2.00 bits per heavy atom. The van der Waals surface area contributed by atoms with Gasteiger partial charge in [-0.05, 0) is 6.07 Å². The van der Waals surface area contributed by atoms with E-state index in [0.29, 0.717) is 35.7 Å². The van der Waals surface area contributed by atoms with Gasteiger partial charge < -0.3 is 19.7 Å². The van der Waals surface area contributed by atoms with Crippen molar-refractivity contribution in [3.63, 3.8) is 0 Å². The number of anilines is 1. The summed E-state index contributed by atoms with van der Waals surface area (Å²) >= 11 is 0. The third-order valence-electron chi connectivity index (χ3n) is 3.91. The van der Waals surface area contributed by atoms with Crippen LogP contribution < -0.4 is 14.8 Å². The number of nitrogens with one attached hydrogen (secondary N) is 1. The molecule has 108 valence electrons. The van der Waals surface area contributed by atoms with E-state index in [-0.39, 0.29) is 18.5 Å². The number of alkyl halides is 1. The van der Waals surface area contributed by atoms with E-state index in [1.165, 1.54) is 7.11 Å². The molecule has 5 nitrogen and oxygen atoms in total. The molecule has 0 unspecified atom stereocenters. The number of benzene rings is 1. The van der Waals surface area contributed by atoms with Gasteiger partial charge in [0.05, 0.1) is 38.1 Å². The highest BCUT2D eigenvalue weighted by Crippen LogP contribution is 2.37. The second-order valence-electron chi connectivity index (χ2n) is 5.08. The van der Waals surface area contributed by atoms with E-state index in [0.717, 1.165) is 0 Å². The molecule has 2 aliphatic rings. The van der Waals surface area contributed by atoms with Gasteiger partial charge in [-0.1, -0.05) is 0 Å². The fourth-order valence-corrected chi connectivity index (χ4v) is 2.89. The van der Waals surface area contributed by atoms with E-state index in [1.807, 2.05) is 0 Å². The van der Waals surface area contributed by atoms with Crippen LogP contribution in [0.25, 0.3) is 0 Å². The highest BCUT2D eigenvalue weighted by molar-refractivity contribution is 6.01. The second kappa shape index (κ2) is 4.85. The van der Waals surface area contributed by atoms with Crippen LogP contribution in [0.2, 0.25) is 0 Å². The molecule has 0 aliphatic carbocycles. The fraction of sp³-hybridized carbons (Fsp3) is 0.500. The Morgan fingerprint density at radius 3 is 2.70 bits per heavy atom. The van der Waals surface area contributed by atoms with Gasteiger partial charge in [-0.25, -0.2) is 4.39 Å². The molecule has 0 radical (unpaired) electrons. The van der Waals surface area contributed by atoms with E-state index in [4.69, 9.17) is 9.47 Å². The zero-order chi connectivity index (χ0) is 14.3. The van der Waals surface area contributed by atoms with E-state index in [9.17, 15) is 9.18 Å². The van der Waals surface area contributed by atoms with Gasteiger partial charge in [0.25, 0.3) is 5.91 Å². The van der Waals surface area contributed by atoms with Crippen LogP contribution in [0.3, 0.4) is 0 Å². The van der Waals surface area contributed by atoms with Gasteiger partial charge in [-0.3, -0.25) is 4.79 Å². The van der Waals surface area contributed by atoms with Gasteiger partial charge in [-0.15, -0.1) is 0 Å². The Hall–Kier alpha value is -1.98. The molecule has 0 bridgehead atoms. The normalized spacial score (nSPS) is 24.6. The van der Waals surface area contributed by atoms with Gasteiger partial charge in [0.15, 0.2) is 11.5 Å². The van der Waals surface area contributed by atoms with Gasteiger partial charge in [0.2, 0.25) is 0 Å². The van der Waals surface area contributed by atoms with Crippen molar-refractivity contribution in [3.05, 3.63) is 17.7 Å². The van der Waals surface area contributed by atoms with Crippen LogP contribution in [0.5, 0.6) is 11.5 Å². The standard InChI is InChI=1S/C14H17FN2O3/c1-19-12-4-10-11(5-13(12)20-2)16-6-9-3-8(15)7-17(9)14(10)18/h4-5,8-9,16H,3,6-7H2,1-2H3/t8-,9-/m0/s1. The summed E-state index contributed by atoms with van der Waals surface area (Å²) in [4.78, 5) is 14.2. The molecule has 2 heterocycles. The molecule has 0 saturated carbocycles. The zero-order valence-corrected chi connectivity index (χ0v) is 11.5. The molecular formula is C14H17FN2O3. The summed E-state index contributed by atoms with van der Waals surface area (Å²) in [7, 11) is 3.07. The topological polar surface area (TPSA) is 50.8 Å². The average Bonchev–Trinajstić information content (AvgIpc) is 2.79. The van der Waals surface area contributed by atoms with Crippen molar-refractivity contribution >= 4 is 11.6 Å². The first kappa shape index (κ1) is 13.0. The Kier molecular flexibility index (Phi) is 3.16. The quantitative estimate of drug-likeness (QED) is 0.895. The number of methoxy groups -OCH3 is 2. The van der Waals surface area contributed by atoms with Crippen molar-refractivity contribution < 1.29 is 18.7 Å². The lowest BCUT2D eigenvalue weighted by Gasteiger charge is -2.21. The largest absolute Gasteiger partial charge is 0.493 e. The van der Waals surface area contributed by atoms with Crippen molar-refractivity contribution in [2.45, 2.75) is 18.6 Å². The summed E-state index contributed by atoms with van der Waals surface area (Å²) in [6.07, 6.45) is -0.548. The summed E-state index contributed by atoms with van der Waals surface area (Å²) in [5.41, 5.74) is 1.21. The molecule has 1 amide bonds. The molecular weight excluding hydrogens is 263 g/mol. The van der Waals surface area contributed by atoms with Crippen molar-refractivity contribution in [2.24, 2.45) is 0 Å². The van der Waals surface area contributed by atoms with Crippen LogP contribution in [0.4, 0.5) is 10.1 Å². The van der Waals surface area contributed by atoms with E-state index >= 15 is 0 Å². The molecule has 1 aromatic rings. The molecule has 0 spiro atoms. The lowest BCUT2D eigenvalue weighted by molar-refractivity contribution is 0.0742. The Morgan fingerprint density at radius 1 is 1.30 bits per heavy atom. The number of rotatable bonds is 2. The second-order valence-corrected chi connectivity index (χ2v) is 5.08. The molecule has 3 rings (SSSR count). The molecule has 2 aliphatic heterocycles. The number of ether oxygens (including phenoxy) is 2. The van der Waals surface area contributed by atoms with Crippen LogP contribution in [-0.2, 0) is 0 Å². The van der Waals surface area contributed by atoms with Crippen molar-refractivity contribution in [1.82, 2.24) is 4.90 Å². The molecule has 1 saturated heterocycles. The Balaban J connectivity index is 2.03. The van der Waals surface area contributed by atoms with E-state index < -0.39 is 6.17 Å². The summed E-state index contributed by atoms with van der Waals surface area (Å²) in [6, 6.07) is 3.31. The number of fused-ring (bicyclic) bond motifs is 2. The smallest absolute Gasteiger partial charge is 0.256 e. The average molecular weight is 280 g/mol. The van der Waals surface area contributed by atoms with Gasteiger partial charge >= 0.3 is 0 Å². The first-order chi connectivity index (χ1) is 9.63. The first-order valence-corrected chi connectivity index (χ1v) is 6.59. The zero-order valence-electron chi connectivity index (χ0n) is 11.5. The van der Waals surface area contributed by atoms with Crippen LogP contribution in [-0.4, -0.2) is 50.3 Å². The third-order valence-corrected chi connectivity index (χ3v) is 3.91. The lowest BCUT2D eigenvalue weighted by Crippen LogP contribution is -2.37. The third kappa shape index (κ3) is 1.95. The number of carbonyl (C=O) groups is 1. The highest BCUT2D eigenvalue weighted by Gasteiger charge is 2.38. The minimum absolute atomic E-state index is 0.0955. The maximum absolute atomic E-state index is 13.5. The predicted octanol–water partition coefficient (Wildman–Crippen LogP) is 1.68. The molecule has 0 aromatic heterocycles. The molecule has 1 N–H and O–H groups in total. The van der Waals surface area contributed by atoms with Gasteiger partial charge in [0, 0.05) is 19.0 Å². The lowest BCUT2D eigenvalue weighted by atomic mass is 10.1. The Labute approximate surface area is 116 Å². The minimum Gasteiger partial charge on any atom is -0.493 e. The number of carbonyl (C=O) groups excluding carboxylic acids is 1. The van der Waals surface area contributed by atoms with E-state index in [2.05, 4.69) is 5.32 Å². The monoisotopic (exact) mass is 280 g/mol. The van der Waals surface area contributed by atoms with Crippen LogP contribution in [0, 0.1) is 0 Å². The molecule has 6 heteroatoms. The summed E-state index contributed by atoms with van der Waals surface area (Å²) in [5, 5.41) is 3.21. The van der Waals surface area contributed by atoms with Crippen LogP contribution >= 0.6 is 0 Å². The molecule has 1 aromatic carbocycles. The molecule has 1 fully saturated rings. The van der Waals surface area contributed by atoms with Crippen LogP contribution in [0.1, 0.15) is 16.8 Å². The SMILES string of the molecule is COc1cc2c(cc1OC)C(=O)N1C[C@@H](F)C[C@H]1CN2. The molecule has 2 atom stereocenters. The summed E-state index contributed by atoms with van der Waals surface area (Å²) in [6.45, 7) is 0.716. The van der Waals surface area contributed by atoms with Crippen molar-refractivity contribution in [3.8, 4) is 11.5 Å². The number of amides is 1. The van der Waals surface area contributed by atoms with E-state index in [1.54, 1.807) is 24.1 Å². The van der Waals surface area contributed by atoms with Crippen molar-refractivity contribution in [2.75, 3.05) is 32.6 Å². The molecule has 20 heavy (non-hydrogen) atoms. The summed E-state index contributed by atoms with van der Waals surface area (Å²) < 4.78 is 24.0. The first-order valence-electron chi connectivity index (χ1n) is 6.59. The van der Waals surface area contributed by atoms with Crippen molar-refractivity contribution in [1.29, 1.82) is 0 Å². The number of hydrogen-bond acceptors (Lipinski definition) is 4. The van der Waals surface area contributed by atoms with Crippen LogP contribution in [0.15, 0.2) is 12.1 Å². The fourth-order valence-electron chi connectivity index (χ4n) is 2.89. The number of halogens is 1. The van der Waals surface area contributed by atoms with Gasteiger partial charge in [0.1, 0.15) is 6.17 Å². The van der Waals surface area contributed by atoms with Gasteiger partial charge in [-0.2, -0.15) is 0 Å². The minimum atomic E-state index is -0.938. The number of hydrogen-bond donors (Lipinski definition) is 1. The highest BCUT2D eigenvalue weighted by atomic mass is 19.1. The number of nitrogens with zero attached hydrogens (tertiary/aromatic N) is 1.